The molecule has 4 N–H and O–H groups in total. The number of carboxylic acids is 1. The van der Waals surface area contributed by atoms with Crippen molar-refractivity contribution >= 4 is 17.6 Å². The SMILES string of the molecule is Cc1oc(CNc2ccc(F)cc2C(N)=O)cc1C(=O)O. The maximum absolute atomic E-state index is 13.1. The van der Waals surface area contributed by atoms with Crippen LogP contribution in [0.2, 0.25) is 0 Å². The number of halogens is 1. The van der Waals surface area contributed by atoms with E-state index in [0.717, 1.165) is 6.07 Å². The Kier molecular flexibility index (Phi) is 3.93. The number of nitrogens with one attached hydrogen (secondary N) is 1. The van der Waals surface area contributed by atoms with E-state index in [1.54, 1.807) is 6.92 Å². The quantitative estimate of drug-likeness (QED) is 0.783. The zero-order valence-electron chi connectivity index (χ0n) is 11.1. The van der Waals surface area contributed by atoms with Crippen molar-refractivity contribution in [3.05, 3.63) is 52.7 Å². The summed E-state index contributed by atoms with van der Waals surface area (Å²) >= 11 is 0. The smallest absolute Gasteiger partial charge is 0.339 e. The number of anilines is 1. The van der Waals surface area contributed by atoms with Gasteiger partial charge in [-0.3, -0.25) is 4.79 Å². The molecule has 110 valence electrons. The predicted octanol–water partition coefficient (Wildman–Crippen LogP) is 2.14. The molecule has 1 heterocycles. The van der Waals surface area contributed by atoms with Crippen molar-refractivity contribution in [3.8, 4) is 0 Å². The number of nitrogens with two attached hydrogens (primary N) is 1. The second-order valence-corrected chi connectivity index (χ2v) is 4.40. The second kappa shape index (κ2) is 5.66. The van der Waals surface area contributed by atoms with Crippen molar-refractivity contribution in [1.82, 2.24) is 0 Å². The number of carboxylic acid groups (broad SMARTS) is 1. The Morgan fingerprint density at radius 3 is 2.62 bits per heavy atom. The van der Waals surface area contributed by atoms with E-state index in [4.69, 9.17) is 15.3 Å². The van der Waals surface area contributed by atoms with Crippen LogP contribution >= 0.6 is 0 Å². The number of amides is 1. The molecular weight excluding hydrogens is 279 g/mol. The molecule has 0 bridgehead atoms. The third kappa shape index (κ3) is 3.19. The van der Waals surface area contributed by atoms with E-state index in [-0.39, 0.29) is 23.4 Å². The van der Waals surface area contributed by atoms with Crippen LogP contribution in [0.1, 0.15) is 32.2 Å². The van der Waals surface area contributed by atoms with Crippen molar-refractivity contribution in [2.75, 3.05) is 5.32 Å². The number of carbonyl (C=O) groups excluding carboxylic acids is 1. The van der Waals surface area contributed by atoms with Crippen LogP contribution in [-0.2, 0) is 6.54 Å². The standard InChI is InChI=1S/C14H13FN2O4/c1-7-10(14(19)20)5-9(21-7)6-17-12-3-2-8(15)4-11(12)13(16)18/h2-5,17H,6H2,1H3,(H2,16,18)(H,19,20). The minimum atomic E-state index is -1.08. The monoisotopic (exact) mass is 292 g/mol. The average molecular weight is 292 g/mol. The maximum atomic E-state index is 13.1. The molecule has 0 aliphatic rings. The molecule has 2 aromatic rings. The number of aromatic carboxylic acids is 1. The van der Waals surface area contributed by atoms with Crippen LogP contribution in [0, 0.1) is 12.7 Å². The molecule has 0 spiro atoms. The molecule has 2 rings (SSSR count). The molecule has 0 unspecified atom stereocenters. The second-order valence-electron chi connectivity index (χ2n) is 4.40. The largest absolute Gasteiger partial charge is 0.478 e. The summed E-state index contributed by atoms with van der Waals surface area (Å²) in [6, 6.07) is 4.98. The lowest BCUT2D eigenvalue weighted by atomic mass is 10.1. The summed E-state index contributed by atoms with van der Waals surface area (Å²) in [6.07, 6.45) is 0. The molecule has 0 saturated heterocycles. The lowest BCUT2D eigenvalue weighted by Crippen LogP contribution is -2.14. The molecule has 0 aliphatic carbocycles. The molecule has 21 heavy (non-hydrogen) atoms. The first-order valence-electron chi connectivity index (χ1n) is 6.04. The van der Waals surface area contributed by atoms with Gasteiger partial charge < -0.3 is 20.6 Å². The number of carbonyl (C=O) groups is 2. The molecule has 0 aliphatic heterocycles. The Bertz CT molecular complexity index is 709. The molecular formula is C14H13FN2O4. The molecule has 1 aromatic carbocycles. The number of hydrogen-bond acceptors (Lipinski definition) is 4. The first kappa shape index (κ1) is 14.6. The third-order valence-corrected chi connectivity index (χ3v) is 2.90. The molecule has 0 saturated carbocycles. The number of furan rings is 1. The summed E-state index contributed by atoms with van der Waals surface area (Å²) in [7, 11) is 0. The molecule has 1 amide bonds. The van der Waals surface area contributed by atoms with Gasteiger partial charge in [0.2, 0.25) is 0 Å². The van der Waals surface area contributed by atoms with Crippen LogP contribution in [0.25, 0.3) is 0 Å². The van der Waals surface area contributed by atoms with Crippen molar-refractivity contribution < 1.29 is 23.5 Å². The van der Waals surface area contributed by atoms with Crippen molar-refractivity contribution in [2.45, 2.75) is 13.5 Å². The fraction of sp³-hybridized carbons (Fsp3) is 0.143. The van der Waals surface area contributed by atoms with Gasteiger partial charge in [-0.25, -0.2) is 9.18 Å². The Morgan fingerprint density at radius 1 is 1.33 bits per heavy atom. The summed E-state index contributed by atoms with van der Waals surface area (Å²) < 4.78 is 18.4. The Hall–Kier alpha value is -2.83. The van der Waals surface area contributed by atoms with Gasteiger partial charge in [-0.1, -0.05) is 0 Å². The zero-order chi connectivity index (χ0) is 15.6. The molecule has 0 atom stereocenters. The lowest BCUT2D eigenvalue weighted by Gasteiger charge is -2.08. The van der Waals surface area contributed by atoms with Crippen molar-refractivity contribution in [3.63, 3.8) is 0 Å². The summed E-state index contributed by atoms with van der Waals surface area (Å²) in [5.74, 6) is -1.75. The van der Waals surface area contributed by atoms with E-state index in [9.17, 15) is 14.0 Å². The summed E-state index contributed by atoms with van der Waals surface area (Å²) in [4.78, 5) is 22.2. The average Bonchev–Trinajstić information content (AvgIpc) is 2.78. The first-order chi connectivity index (χ1) is 9.88. The van der Waals surface area contributed by atoms with E-state index in [1.165, 1.54) is 18.2 Å². The third-order valence-electron chi connectivity index (χ3n) is 2.90. The fourth-order valence-electron chi connectivity index (χ4n) is 1.90. The highest BCUT2D eigenvalue weighted by molar-refractivity contribution is 5.98. The Balaban J connectivity index is 2.19. The van der Waals surface area contributed by atoms with Crippen LogP contribution in [0.4, 0.5) is 10.1 Å². The molecule has 1 aromatic heterocycles. The minimum absolute atomic E-state index is 0.0109. The highest BCUT2D eigenvalue weighted by Crippen LogP contribution is 2.20. The van der Waals surface area contributed by atoms with Crippen LogP contribution in [0.3, 0.4) is 0 Å². The van der Waals surface area contributed by atoms with Gasteiger partial charge in [0.25, 0.3) is 5.91 Å². The predicted molar refractivity (Wildman–Crippen MR) is 72.6 cm³/mol. The molecule has 0 fully saturated rings. The number of hydrogen-bond donors (Lipinski definition) is 3. The van der Waals surface area contributed by atoms with E-state index < -0.39 is 17.7 Å². The van der Waals surface area contributed by atoms with Gasteiger partial charge in [-0.2, -0.15) is 0 Å². The van der Waals surface area contributed by atoms with Crippen LogP contribution in [-0.4, -0.2) is 17.0 Å². The van der Waals surface area contributed by atoms with Gasteiger partial charge in [0.15, 0.2) is 0 Å². The Morgan fingerprint density at radius 2 is 2.05 bits per heavy atom. The summed E-state index contributed by atoms with van der Waals surface area (Å²) in [5.41, 5.74) is 5.60. The highest BCUT2D eigenvalue weighted by atomic mass is 19.1. The van der Waals surface area contributed by atoms with Gasteiger partial charge in [-0.15, -0.1) is 0 Å². The van der Waals surface area contributed by atoms with Gasteiger partial charge in [0.1, 0.15) is 22.9 Å². The van der Waals surface area contributed by atoms with Gasteiger partial charge in [-0.05, 0) is 31.2 Å². The van der Waals surface area contributed by atoms with Crippen LogP contribution < -0.4 is 11.1 Å². The fourth-order valence-corrected chi connectivity index (χ4v) is 1.90. The van der Waals surface area contributed by atoms with E-state index in [0.29, 0.717) is 11.4 Å². The van der Waals surface area contributed by atoms with Crippen molar-refractivity contribution in [1.29, 1.82) is 0 Å². The first-order valence-corrected chi connectivity index (χ1v) is 6.04. The molecule has 6 nitrogen and oxygen atoms in total. The highest BCUT2D eigenvalue weighted by Gasteiger charge is 2.14. The summed E-state index contributed by atoms with van der Waals surface area (Å²) in [6.45, 7) is 1.68. The van der Waals surface area contributed by atoms with Crippen LogP contribution in [0.5, 0.6) is 0 Å². The number of rotatable bonds is 5. The Labute approximate surface area is 119 Å². The van der Waals surface area contributed by atoms with E-state index in [1.807, 2.05) is 0 Å². The van der Waals surface area contributed by atoms with Crippen molar-refractivity contribution in [2.24, 2.45) is 5.73 Å². The molecule has 7 heteroatoms. The van der Waals surface area contributed by atoms with E-state index in [2.05, 4.69) is 5.32 Å². The van der Waals surface area contributed by atoms with Gasteiger partial charge >= 0.3 is 5.97 Å². The van der Waals surface area contributed by atoms with Gasteiger partial charge in [0.05, 0.1) is 12.1 Å². The number of primary amides is 1. The minimum Gasteiger partial charge on any atom is -0.478 e. The lowest BCUT2D eigenvalue weighted by molar-refractivity contribution is 0.0694. The zero-order valence-corrected chi connectivity index (χ0v) is 11.1. The number of benzene rings is 1. The van der Waals surface area contributed by atoms with Gasteiger partial charge in [0, 0.05) is 5.69 Å². The topological polar surface area (TPSA) is 106 Å². The maximum Gasteiger partial charge on any atom is 0.339 e. The summed E-state index contributed by atoms with van der Waals surface area (Å²) in [5, 5.41) is 11.8. The van der Waals surface area contributed by atoms with Crippen LogP contribution in [0.15, 0.2) is 28.7 Å². The number of aryl methyl sites for hydroxylation is 1. The normalized spacial score (nSPS) is 10.4. The molecule has 0 radical (unpaired) electrons. The van der Waals surface area contributed by atoms with E-state index >= 15 is 0 Å².